The Labute approximate surface area is 340 Å². The number of benzene rings is 2. The molecular weight excluding hydrogens is 781 g/mol. The summed E-state index contributed by atoms with van der Waals surface area (Å²) in [6.07, 6.45) is 8.99. The highest BCUT2D eigenvalue weighted by Crippen LogP contribution is 2.38. The lowest BCUT2D eigenvalue weighted by atomic mass is 9.98. The number of nitrogens with two attached hydrogens (primary N) is 1. The minimum Gasteiger partial charge on any atom is -0.361 e. The van der Waals surface area contributed by atoms with Crippen LogP contribution in [0.1, 0.15) is 55.3 Å². The number of carbonyl (C=O) groups excluding carboxylic acids is 4. The molecule has 1 aliphatic carbocycles. The van der Waals surface area contributed by atoms with Crippen LogP contribution in [0.3, 0.4) is 0 Å². The fraction of sp³-hybridized carbons (Fsp3) is 0.385. The molecule has 17 nitrogen and oxygen atoms in total. The van der Waals surface area contributed by atoms with Gasteiger partial charge < -0.3 is 31.4 Å². The van der Waals surface area contributed by atoms with E-state index >= 15 is 0 Å². The Morgan fingerprint density at radius 2 is 1.95 bits per heavy atom. The van der Waals surface area contributed by atoms with Gasteiger partial charge in [-0.1, -0.05) is 30.0 Å². The van der Waals surface area contributed by atoms with Crippen molar-refractivity contribution in [1.29, 1.82) is 0 Å². The van der Waals surface area contributed by atoms with Gasteiger partial charge in [-0.3, -0.25) is 14.3 Å². The Kier molecular flexibility index (Phi) is 12.6. The van der Waals surface area contributed by atoms with Crippen LogP contribution in [0.4, 0.5) is 26.8 Å². The van der Waals surface area contributed by atoms with Crippen molar-refractivity contribution in [2.24, 2.45) is 9.50 Å². The summed E-state index contributed by atoms with van der Waals surface area (Å²) < 4.78 is 19.2. The van der Waals surface area contributed by atoms with Crippen molar-refractivity contribution < 1.29 is 23.4 Å². The van der Waals surface area contributed by atoms with Gasteiger partial charge in [-0.15, -0.1) is 14.4 Å². The Balaban J connectivity index is 0.860. The predicted octanol–water partition coefficient (Wildman–Crippen LogP) is 4.73. The number of fused-ring (bicyclic) bond motifs is 2. The molecule has 7 rings (SSSR count). The molecule has 4 atom stereocenters. The second-order valence-electron chi connectivity index (χ2n) is 14.4. The van der Waals surface area contributed by atoms with Crippen LogP contribution in [-0.2, 0) is 45.3 Å². The van der Waals surface area contributed by atoms with Gasteiger partial charge in [0.2, 0.25) is 11.8 Å². The van der Waals surface area contributed by atoms with E-state index in [-0.39, 0.29) is 47.1 Å². The van der Waals surface area contributed by atoms with Crippen LogP contribution < -0.4 is 31.7 Å². The summed E-state index contributed by atoms with van der Waals surface area (Å²) in [5, 5.41) is 29.2. The first-order valence-corrected chi connectivity index (χ1v) is 21.8. The van der Waals surface area contributed by atoms with Crippen molar-refractivity contribution in [1.82, 2.24) is 35.9 Å². The second-order valence-corrected chi connectivity index (χ2v) is 17.4. The zero-order valence-electron chi connectivity index (χ0n) is 31.6. The Morgan fingerprint density at radius 1 is 1.07 bits per heavy atom. The van der Waals surface area contributed by atoms with E-state index in [2.05, 4.69) is 51.1 Å². The van der Waals surface area contributed by atoms with Crippen molar-refractivity contribution in [3.63, 3.8) is 0 Å². The number of aryl methyl sites for hydroxylation is 3. The van der Waals surface area contributed by atoms with E-state index in [0.29, 0.717) is 65.8 Å². The maximum Gasteiger partial charge on any atom is 0.354 e. The number of pyridine rings is 1. The summed E-state index contributed by atoms with van der Waals surface area (Å²) in [4.78, 5) is 57.6. The fourth-order valence-electron chi connectivity index (χ4n) is 7.45. The van der Waals surface area contributed by atoms with E-state index in [0.717, 1.165) is 49.0 Å². The number of rotatable bonds is 15. The highest BCUT2D eigenvalue weighted by Gasteiger charge is 2.42. The molecule has 302 valence electrons. The average Bonchev–Trinajstić information content (AvgIpc) is 4.02. The topological polar surface area (TPSA) is 232 Å². The zero-order valence-corrected chi connectivity index (χ0v) is 33.2. The minimum absolute atomic E-state index is 0.00257. The molecule has 2 aliphatic heterocycles. The Hall–Kier alpha value is -5.84. The zero-order chi connectivity index (χ0) is 40.6. The number of nitrogens with one attached hydrogen (secondary N) is 5. The molecule has 6 amide bonds. The standard InChI is InChI=1S/C39H44N12O5S2/c1-41-33-20-25(16-18-42-33)30-14-12-24-6-2-9-29(24)36(30)46-39(55)49-58(40,56)28-8-3-7-26(21-28)44-35(53)15-13-27-22-51(50-48-27)19-5-17-43-34(52)11-4-10-32-37-31(23-57-32)45-38(54)47-37/h3,7-8,12,14,16,18,20-22,31-32,37H,2,4-6,9-11,13,15,17,19,23H2,(H,43,52)(H,44,53)(H2,45,47,54)(H3,40,46,49,55,56)/t31-,32?,37-,58?/m0/s1. The number of carbonyl (C=O) groups is 4. The van der Waals surface area contributed by atoms with Crippen LogP contribution in [0, 0.1) is 6.57 Å². The van der Waals surface area contributed by atoms with Gasteiger partial charge in [0.05, 0.1) is 28.4 Å². The molecule has 0 spiro atoms. The summed E-state index contributed by atoms with van der Waals surface area (Å²) in [7, 11) is -3.72. The number of anilines is 2. The second kappa shape index (κ2) is 18.2. The molecule has 2 unspecified atom stereocenters. The third kappa shape index (κ3) is 9.99. The van der Waals surface area contributed by atoms with Crippen LogP contribution in [0.5, 0.6) is 0 Å². The van der Waals surface area contributed by atoms with Gasteiger partial charge in [0.15, 0.2) is 0 Å². The highest BCUT2D eigenvalue weighted by molar-refractivity contribution is 8.00. The normalized spacial score (nSPS) is 18.8. The Bertz CT molecular complexity index is 2390. The number of hydrogen-bond acceptors (Lipinski definition) is 9. The Morgan fingerprint density at radius 3 is 2.81 bits per heavy atom. The van der Waals surface area contributed by atoms with E-state index in [4.69, 9.17) is 11.7 Å². The van der Waals surface area contributed by atoms with Gasteiger partial charge in [-0.05, 0) is 85.5 Å². The van der Waals surface area contributed by atoms with E-state index in [1.54, 1.807) is 35.1 Å². The molecule has 4 aromatic rings. The molecular formula is C39H44N12O5S2. The molecule has 0 saturated carbocycles. The minimum atomic E-state index is -3.72. The van der Waals surface area contributed by atoms with Crippen molar-refractivity contribution in [2.45, 2.75) is 86.6 Å². The summed E-state index contributed by atoms with van der Waals surface area (Å²) in [6, 6.07) is 12.7. The quantitative estimate of drug-likeness (QED) is 0.0552. The molecule has 7 N–H and O–H groups in total. The molecule has 3 aliphatic rings. The van der Waals surface area contributed by atoms with E-state index in [1.807, 2.05) is 23.9 Å². The van der Waals surface area contributed by atoms with Crippen LogP contribution in [0.2, 0.25) is 0 Å². The lowest BCUT2D eigenvalue weighted by Crippen LogP contribution is -2.37. The van der Waals surface area contributed by atoms with Crippen molar-refractivity contribution in [3.8, 4) is 11.1 Å². The number of hydrogen-bond donors (Lipinski definition) is 6. The lowest BCUT2D eigenvalue weighted by molar-refractivity contribution is -0.121. The maximum atomic E-state index is 13.6. The first-order chi connectivity index (χ1) is 28.0. The van der Waals surface area contributed by atoms with Gasteiger partial charge in [-0.2, -0.15) is 11.8 Å². The van der Waals surface area contributed by atoms with Crippen molar-refractivity contribution in [2.75, 3.05) is 22.9 Å². The van der Waals surface area contributed by atoms with Crippen LogP contribution in [0.25, 0.3) is 16.0 Å². The van der Waals surface area contributed by atoms with E-state index < -0.39 is 15.9 Å². The average molecular weight is 825 g/mol. The number of aromatic nitrogens is 4. The van der Waals surface area contributed by atoms with Crippen molar-refractivity contribution >= 4 is 62.7 Å². The van der Waals surface area contributed by atoms with Crippen LogP contribution in [0.15, 0.2) is 70.2 Å². The fourth-order valence-corrected chi connectivity index (χ4v) is 9.96. The maximum absolute atomic E-state index is 13.6. The first-order valence-electron chi connectivity index (χ1n) is 19.1. The SMILES string of the molecule is [C-]#[N+]c1cc(-c2ccc3c(c2NC(=O)N=S(N)(=O)c2cccc(NC(=O)CCc4cn(CCCNC(=O)CCCC5SC[C@@H]6NC(=O)N[C@H]56)nn4)c2)CCC3)ccn1. The van der Waals surface area contributed by atoms with Gasteiger partial charge in [0.25, 0.3) is 5.82 Å². The lowest BCUT2D eigenvalue weighted by Gasteiger charge is -2.16. The monoisotopic (exact) mass is 824 g/mol. The van der Waals surface area contributed by atoms with E-state index in [1.165, 1.54) is 18.3 Å². The molecule has 58 heavy (non-hydrogen) atoms. The molecule has 4 heterocycles. The third-order valence-corrected chi connectivity index (χ3v) is 13.1. The molecule has 0 radical (unpaired) electrons. The summed E-state index contributed by atoms with van der Waals surface area (Å²) >= 11 is 1.84. The van der Waals surface area contributed by atoms with Crippen LogP contribution >= 0.6 is 11.8 Å². The predicted molar refractivity (Wildman–Crippen MR) is 220 cm³/mol. The molecule has 2 fully saturated rings. The highest BCUT2D eigenvalue weighted by atomic mass is 32.2. The molecule has 2 aromatic carbocycles. The summed E-state index contributed by atoms with van der Waals surface area (Å²) in [5.74, 6) is 0.801. The molecule has 0 bridgehead atoms. The van der Waals surface area contributed by atoms with Crippen LogP contribution in [-0.4, -0.2) is 77.7 Å². The number of thioether (sulfide) groups is 1. The van der Waals surface area contributed by atoms with E-state index in [9.17, 15) is 23.4 Å². The molecule has 2 aromatic heterocycles. The van der Waals surface area contributed by atoms with Gasteiger partial charge >= 0.3 is 12.1 Å². The van der Waals surface area contributed by atoms with Gasteiger partial charge in [0.1, 0.15) is 16.1 Å². The van der Waals surface area contributed by atoms with Crippen molar-refractivity contribution in [3.05, 3.63) is 89.2 Å². The summed E-state index contributed by atoms with van der Waals surface area (Å²) in [6.45, 7) is 8.39. The van der Waals surface area contributed by atoms with Gasteiger partial charge in [0, 0.05) is 60.8 Å². The smallest absolute Gasteiger partial charge is 0.354 e. The number of nitrogens with zero attached hydrogens (tertiary/aromatic N) is 6. The molecule has 2 saturated heterocycles. The number of amides is 6. The molecule has 19 heteroatoms. The largest absolute Gasteiger partial charge is 0.361 e. The van der Waals surface area contributed by atoms with Gasteiger partial charge in [-0.25, -0.2) is 18.9 Å². The first kappa shape index (κ1) is 40.4. The third-order valence-electron chi connectivity index (χ3n) is 10.3. The number of urea groups is 2. The summed E-state index contributed by atoms with van der Waals surface area (Å²) in [5.41, 5.74) is 4.94.